The summed E-state index contributed by atoms with van der Waals surface area (Å²) in [7, 11) is 0. The van der Waals surface area contributed by atoms with Gasteiger partial charge in [-0.2, -0.15) is 0 Å². The van der Waals surface area contributed by atoms with Gasteiger partial charge in [-0.3, -0.25) is 0 Å². The van der Waals surface area contributed by atoms with E-state index in [-0.39, 0.29) is 0 Å². The van der Waals surface area contributed by atoms with Crippen molar-refractivity contribution in [3.63, 3.8) is 0 Å². The number of anilines is 3. The zero-order valence-electron chi connectivity index (χ0n) is 34.1. The van der Waals surface area contributed by atoms with E-state index in [0.717, 1.165) is 44.9 Å². The van der Waals surface area contributed by atoms with Crippen molar-refractivity contribution in [2.45, 2.75) is 0 Å². The predicted molar refractivity (Wildman–Crippen MR) is 263 cm³/mol. The van der Waals surface area contributed by atoms with Crippen molar-refractivity contribution in [3.05, 3.63) is 255 Å². The van der Waals surface area contributed by atoms with Crippen LogP contribution in [0.25, 0.3) is 83.1 Å². The Bertz CT molecular complexity index is 3310. The van der Waals surface area contributed by atoms with Gasteiger partial charge in [0, 0.05) is 27.7 Å². The minimum Gasteiger partial charge on any atom is -0.309 e. The van der Waals surface area contributed by atoms with Crippen LogP contribution in [0.5, 0.6) is 0 Å². The molecule has 0 saturated carbocycles. The number of hydrogen-bond donors (Lipinski definition) is 0. The zero-order chi connectivity index (χ0) is 41.2. The Morgan fingerprint density at radius 3 is 1.39 bits per heavy atom. The van der Waals surface area contributed by atoms with Crippen molar-refractivity contribution in [2.24, 2.45) is 0 Å². The minimum absolute atomic E-state index is 1.09. The van der Waals surface area contributed by atoms with Crippen LogP contribution >= 0.6 is 0 Å². The molecular formula is C60H42N2. The first-order valence-electron chi connectivity index (χ1n) is 21.3. The molecule has 11 aromatic rings. The van der Waals surface area contributed by atoms with E-state index in [4.69, 9.17) is 0 Å². The first-order valence-corrected chi connectivity index (χ1v) is 21.3. The van der Waals surface area contributed by atoms with E-state index in [0.29, 0.717) is 0 Å². The summed E-state index contributed by atoms with van der Waals surface area (Å²) in [4.78, 5) is 2.46. The Hall–Kier alpha value is -8.20. The number of hydrogen-bond acceptors (Lipinski definition) is 1. The fraction of sp³-hybridized carbons (Fsp3) is 0. The first kappa shape index (κ1) is 36.8. The molecule has 0 unspecified atom stereocenters. The van der Waals surface area contributed by atoms with Crippen molar-refractivity contribution in [2.75, 3.05) is 4.90 Å². The molecular weight excluding hydrogens is 749 g/mol. The molecule has 2 nitrogen and oxygen atoms in total. The van der Waals surface area contributed by atoms with Gasteiger partial charge in [0.1, 0.15) is 0 Å². The second-order valence-corrected chi connectivity index (χ2v) is 15.7. The molecule has 62 heavy (non-hydrogen) atoms. The van der Waals surface area contributed by atoms with Crippen LogP contribution in [0.1, 0.15) is 0 Å². The van der Waals surface area contributed by atoms with Crippen molar-refractivity contribution >= 4 is 38.9 Å². The maximum Gasteiger partial charge on any atom is 0.0562 e. The molecule has 0 radical (unpaired) electrons. The Morgan fingerprint density at radius 1 is 0.274 bits per heavy atom. The molecule has 0 atom stereocenters. The largest absolute Gasteiger partial charge is 0.309 e. The number of nitrogens with zero attached hydrogens (tertiary/aromatic N) is 2. The molecule has 0 amide bonds. The first-order chi connectivity index (χ1) is 30.8. The smallest absolute Gasteiger partial charge is 0.0562 e. The van der Waals surface area contributed by atoms with Crippen LogP contribution in [0, 0.1) is 0 Å². The summed E-state index contributed by atoms with van der Waals surface area (Å²) in [5, 5.41) is 2.39. The molecule has 0 aliphatic heterocycles. The Kier molecular flexibility index (Phi) is 9.57. The van der Waals surface area contributed by atoms with Gasteiger partial charge in [-0.15, -0.1) is 0 Å². The number of para-hydroxylation sites is 2. The maximum absolute atomic E-state index is 2.46. The van der Waals surface area contributed by atoms with Gasteiger partial charge >= 0.3 is 0 Å². The molecule has 0 aliphatic rings. The van der Waals surface area contributed by atoms with Gasteiger partial charge in [-0.25, -0.2) is 0 Å². The quantitative estimate of drug-likeness (QED) is 0.141. The third-order valence-corrected chi connectivity index (χ3v) is 12.0. The van der Waals surface area contributed by atoms with Crippen molar-refractivity contribution in [1.82, 2.24) is 4.57 Å². The average Bonchev–Trinajstić information content (AvgIpc) is 3.70. The molecule has 1 heterocycles. The Morgan fingerprint density at radius 2 is 0.710 bits per heavy atom. The highest BCUT2D eigenvalue weighted by Gasteiger charge is 2.23. The predicted octanol–water partition coefficient (Wildman–Crippen LogP) is 16.6. The topological polar surface area (TPSA) is 8.17 Å². The van der Waals surface area contributed by atoms with Gasteiger partial charge in [-0.1, -0.05) is 206 Å². The summed E-state index contributed by atoms with van der Waals surface area (Å²) < 4.78 is 2.44. The summed E-state index contributed by atoms with van der Waals surface area (Å²) in [6.45, 7) is 0. The monoisotopic (exact) mass is 790 g/mol. The molecule has 0 saturated heterocycles. The van der Waals surface area contributed by atoms with Gasteiger partial charge in [0.25, 0.3) is 0 Å². The van der Waals surface area contributed by atoms with Gasteiger partial charge < -0.3 is 9.47 Å². The third kappa shape index (κ3) is 6.74. The summed E-state index contributed by atoms with van der Waals surface area (Å²) >= 11 is 0. The van der Waals surface area contributed by atoms with Crippen molar-refractivity contribution in [3.8, 4) is 61.3 Å². The molecule has 0 bridgehead atoms. The van der Waals surface area contributed by atoms with E-state index in [2.05, 4.69) is 264 Å². The van der Waals surface area contributed by atoms with E-state index in [1.165, 1.54) is 55.3 Å². The molecule has 292 valence electrons. The fourth-order valence-electron chi connectivity index (χ4n) is 9.11. The standard InChI is InChI=1S/C60H42N2/c1-4-18-43(19-5-1)45-34-36-48(37-35-45)54-28-12-14-30-56(54)61(50-40-38-46(39-41-50)44-20-6-2-7-21-44)58-32-17-33-59-60(58)55-29-13-15-31-57(55)62(59)51-25-16-24-49(42-51)53-27-11-10-26-52(53)47-22-8-3-9-23-47/h1-42H. The molecule has 0 fully saturated rings. The van der Waals surface area contributed by atoms with Crippen LogP contribution in [-0.2, 0) is 0 Å². The molecule has 0 aliphatic carbocycles. The highest BCUT2D eigenvalue weighted by atomic mass is 15.2. The fourth-order valence-corrected chi connectivity index (χ4v) is 9.11. The van der Waals surface area contributed by atoms with Gasteiger partial charge in [0.15, 0.2) is 0 Å². The van der Waals surface area contributed by atoms with Crippen molar-refractivity contribution < 1.29 is 0 Å². The number of aromatic nitrogens is 1. The van der Waals surface area contributed by atoms with E-state index >= 15 is 0 Å². The van der Waals surface area contributed by atoms with E-state index in [1.807, 2.05) is 0 Å². The maximum atomic E-state index is 2.46. The summed E-state index contributed by atoms with van der Waals surface area (Å²) in [6, 6.07) is 92.1. The average molecular weight is 791 g/mol. The second-order valence-electron chi connectivity index (χ2n) is 15.7. The van der Waals surface area contributed by atoms with Crippen LogP contribution in [0.15, 0.2) is 255 Å². The molecule has 1 aromatic heterocycles. The third-order valence-electron chi connectivity index (χ3n) is 12.0. The SMILES string of the molecule is c1ccc(-c2ccc(-c3ccccc3N(c3ccc(-c4ccccc4)cc3)c3cccc4c3c3ccccc3n4-c3cccc(-c4ccccc4-c4ccccc4)c3)cc2)cc1. The summed E-state index contributed by atoms with van der Waals surface area (Å²) in [6.07, 6.45) is 0. The van der Waals surface area contributed by atoms with Gasteiger partial charge in [-0.05, 0) is 98.6 Å². The van der Waals surface area contributed by atoms with Gasteiger partial charge in [0.05, 0.1) is 22.4 Å². The minimum atomic E-state index is 1.09. The normalized spacial score (nSPS) is 11.2. The molecule has 0 spiro atoms. The molecule has 11 rings (SSSR count). The van der Waals surface area contributed by atoms with Crippen LogP contribution < -0.4 is 4.90 Å². The lowest BCUT2D eigenvalue weighted by Gasteiger charge is -2.29. The van der Waals surface area contributed by atoms with Crippen molar-refractivity contribution in [1.29, 1.82) is 0 Å². The summed E-state index contributed by atoms with van der Waals surface area (Å²) in [5.41, 5.74) is 18.7. The Labute approximate surface area is 362 Å². The molecule has 2 heteroatoms. The highest BCUT2D eigenvalue weighted by Crippen LogP contribution is 2.47. The zero-order valence-corrected chi connectivity index (χ0v) is 34.1. The Balaban J connectivity index is 1.11. The number of rotatable bonds is 9. The van der Waals surface area contributed by atoms with E-state index in [1.54, 1.807) is 0 Å². The number of benzene rings is 10. The lowest BCUT2D eigenvalue weighted by molar-refractivity contribution is 1.18. The van der Waals surface area contributed by atoms with Crippen LogP contribution in [-0.4, -0.2) is 4.57 Å². The highest BCUT2D eigenvalue weighted by molar-refractivity contribution is 6.17. The molecule has 0 N–H and O–H groups in total. The van der Waals surface area contributed by atoms with Gasteiger partial charge in [0.2, 0.25) is 0 Å². The van der Waals surface area contributed by atoms with Crippen LogP contribution in [0.4, 0.5) is 17.1 Å². The lowest BCUT2D eigenvalue weighted by Crippen LogP contribution is -2.11. The lowest BCUT2D eigenvalue weighted by atomic mass is 9.94. The summed E-state index contributed by atoms with van der Waals surface area (Å²) in [5.74, 6) is 0. The second kappa shape index (κ2) is 16.1. The number of fused-ring (bicyclic) bond motifs is 3. The van der Waals surface area contributed by atoms with E-state index < -0.39 is 0 Å². The molecule has 10 aromatic carbocycles. The van der Waals surface area contributed by atoms with Crippen LogP contribution in [0.3, 0.4) is 0 Å². The van der Waals surface area contributed by atoms with Crippen LogP contribution in [0.2, 0.25) is 0 Å². The van der Waals surface area contributed by atoms with E-state index in [9.17, 15) is 0 Å².